The molecule has 0 radical (unpaired) electrons. The van der Waals surface area contributed by atoms with Gasteiger partial charge in [-0.15, -0.1) is 0 Å². The normalized spacial score (nSPS) is 41.0. The molecule has 3 aromatic rings. The summed E-state index contributed by atoms with van der Waals surface area (Å²) in [4.78, 5) is 76.5. The van der Waals surface area contributed by atoms with Gasteiger partial charge in [-0.25, -0.2) is 0 Å². The number of alkyl halides is 9. The highest BCUT2D eigenvalue weighted by molar-refractivity contribution is 5.97. The zero-order valence-electron chi connectivity index (χ0n) is 58.5. The van der Waals surface area contributed by atoms with Crippen LogP contribution in [0, 0.1) is 127 Å². The van der Waals surface area contributed by atoms with Gasteiger partial charge in [-0.1, -0.05) is 101 Å². The molecule has 14 aliphatic rings. The average molecular weight is 1400 g/mol. The Morgan fingerprint density at radius 3 is 1.12 bits per heavy atom. The van der Waals surface area contributed by atoms with E-state index in [4.69, 9.17) is 0 Å². The number of carbonyl (C=O) groups is 6. The Labute approximate surface area is 586 Å². The van der Waals surface area contributed by atoms with E-state index < -0.39 is 35.2 Å². The van der Waals surface area contributed by atoms with Gasteiger partial charge in [0.2, 0.25) is 17.7 Å². The summed E-state index contributed by atoms with van der Waals surface area (Å²) in [5, 5.41) is 7.95. The Balaban J connectivity index is 0.000000123. The molecule has 10 saturated carbocycles. The lowest BCUT2D eigenvalue weighted by atomic mass is 9.47. The molecule has 18 heteroatoms. The molecule has 9 nitrogen and oxygen atoms in total. The van der Waals surface area contributed by atoms with E-state index in [1.165, 1.54) is 65.7 Å². The molecule has 0 aliphatic heterocycles. The highest BCUT2D eigenvalue weighted by atomic mass is 19.4. The molecule has 22 atom stereocenters. The van der Waals surface area contributed by atoms with Gasteiger partial charge in [0.25, 0.3) is 0 Å². The number of ketones is 3. The van der Waals surface area contributed by atoms with Crippen molar-refractivity contribution >= 4 is 52.1 Å². The first-order valence-electron chi connectivity index (χ1n) is 37.5. The fraction of sp³-hybridized carbons (Fsp3) is 0.614. The lowest BCUT2D eigenvalue weighted by Crippen LogP contribution is -2.52. The topological polar surface area (TPSA) is 139 Å². The highest BCUT2D eigenvalue weighted by Crippen LogP contribution is 2.77. The molecule has 9 unspecified atom stereocenters. The molecule has 0 heterocycles. The number of rotatable bonds is 6. The van der Waals surface area contributed by atoms with Crippen LogP contribution in [0.5, 0.6) is 0 Å². The van der Waals surface area contributed by atoms with Crippen molar-refractivity contribution in [1.82, 2.24) is 0 Å². The van der Waals surface area contributed by atoms with Crippen molar-refractivity contribution in [1.29, 1.82) is 0 Å². The largest absolute Gasteiger partial charge is 0.418 e. The molecule has 0 spiro atoms. The molecule has 0 aromatic heterocycles. The van der Waals surface area contributed by atoms with E-state index in [1.807, 2.05) is 18.2 Å². The van der Waals surface area contributed by atoms with Crippen LogP contribution >= 0.6 is 0 Å². The lowest BCUT2D eigenvalue weighted by molar-refractivity contribution is -0.138. The van der Waals surface area contributed by atoms with Crippen LogP contribution in [0.4, 0.5) is 56.6 Å². The second kappa shape index (κ2) is 24.5. The molecule has 0 bridgehead atoms. The summed E-state index contributed by atoms with van der Waals surface area (Å²) in [6.07, 6.45) is 14.2. The number of para-hydroxylation sites is 3. The number of halogens is 9. The van der Waals surface area contributed by atoms with Crippen molar-refractivity contribution in [2.45, 2.75) is 188 Å². The number of allylic oxidation sites excluding steroid dienone is 6. The number of hydrogen-bond donors (Lipinski definition) is 3. The van der Waals surface area contributed by atoms with Crippen LogP contribution in [-0.4, -0.2) is 35.1 Å². The number of fused-ring (bicyclic) bond motifs is 21. The van der Waals surface area contributed by atoms with E-state index >= 15 is 0 Å². The number of amides is 3. The van der Waals surface area contributed by atoms with E-state index in [9.17, 15) is 68.3 Å². The minimum atomic E-state index is -4.51. The second-order valence-electron chi connectivity index (χ2n) is 34.8. The summed E-state index contributed by atoms with van der Waals surface area (Å²) < 4.78 is 121. The molecule has 540 valence electrons. The molecule has 3 amide bonds. The van der Waals surface area contributed by atoms with E-state index in [1.54, 1.807) is 0 Å². The smallest absolute Gasteiger partial charge is 0.325 e. The van der Waals surface area contributed by atoms with Crippen LogP contribution in [0.2, 0.25) is 0 Å². The highest BCUT2D eigenvalue weighted by Gasteiger charge is 2.70. The number of benzene rings is 3. The first kappa shape index (κ1) is 70.1. The predicted octanol–water partition coefficient (Wildman–Crippen LogP) is 19.9. The van der Waals surface area contributed by atoms with Gasteiger partial charge in [0, 0.05) is 37.0 Å². The lowest BCUT2D eigenvalue weighted by Gasteiger charge is -2.57. The summed E-state index contributed by atoms with van der Waals surface area (Å²) in [6, 6.07) is 15.7. The number of anilines is 3. The van der Waals surface area contributed by atoms with Crippen molar-refractivity contribution in [3.63, 3.8) is 0 Å². The first-order chi connectivity index (χ1) is 47.6. The Morgan fingerprint density at radius 2 is 0.733 bits per heavy atom. The third-order valence-electron chi connectivity index (χ3n) is 30.4. The Bertz CT molecular complexity index is 3880. The van der Waals surface area contributed by atoms with Crippen molar-refractivity contribution in [3.8, 4) is 0 Å². The first-order valence-corrected chi connectivity index (χ1v) is 37.5. The van der Waals surface area contributed by atoms with Gasteiger partial charge < -0.3 is 16.0 Å². The van der Waals surface area contributed by atoms with Gasteiger partial charge in [-0.05, 0) is 279 Å². The zero-order valence-corrected chi connectivity index (χ0v) is 58.5. The Hall–Kier alpha value is -6.59. The fourth-order valence-corrected chi connectivity index (χ4v) is 25.3. The molecule has 3 N–H and O–H groups in total. The zero-order chi connectivity index (χ0) is 71.7. The third-order valence-corrected chi connectivity index (χ3v) is 30.4. The molecule has 17 rings (SSSR count). The molecule has 0 saturated heterocycles. The maximum absolute atomic E-state index is 13.5. The van der Waals surface area contributed by atoms with Crippen LogP contribution in [0.15, 0.2) is 120 Å². The summed E-state index contributed by atoms with van der Waals surface area (Å²) in [5.74, 6) is 5.43. The summed E-state index contributed by atoms with van der Waals surface area (Å²) in [5.41, 5.74) is 0.630. The molecular formula is C83H94F9N3O6. The molecule has 10 fully saturated rings. The maximum atomic E-state index is 13.5. The SMILES string of the molecule is C[C@]12CCC(=O)C=C1C=CC1C2CC[C@@]2(C)C1CC[C@@H]2C(=O)Nc1ccccc1C(F)(F)F.C[C@]12CCC(=O)C=C1[C@@H]1C[C@@H]1C1C2CC[C@@]2(C)C1CC[C@@H]2C(=O)Nc1ccccc1C(F)(F)F.C[C@]12CCC(=O)C=C1[C@H]1C[C@H]1C1C2CC[C@@]2(C)C1CC[C@@H]2C(=O)Nc1ccccc1C(F)(F)F. The average Bonchev–Trinajstić information content (AvgIpc) is 1.54. The number of nitrogens with one attached hydrogen (secondary N) is 3. The predicted molar refractivity (Wildman–Crippen MR) is 365 cm³/mol. The van der Waals surface area contributed by atoms with Gasteiger partial charge >= 0.3 is 18.5 Å². The van der Waals surface area contributed by atoms with Crippen LogP contribution in [0.25, 0.3) is 0 Å². The van der Waals surface area contributed by atoms with Gasteiger partial charge in [0.05, 0.1) is 33.8 Å². The van der Waals surface area contributed by atoms with Crippen molar-refractivity contribution < 1.29 is 68.3 Å². The second-order valence-corrected chi connectivity index (χ2v) is 34.8. The van der Waals surface area contributed by atoms with Crippen molar-refractivity contribution in [2.24, 2.45) is 127 Å². The molecule has 101 heavy (non-hydrogen) atoms. The van der Waals surface area contributed by atoms with E-state index in [0.29, 0.717) is 103 Å². The summed E-state index contributed by atoms with van der Waals surface area (Å²) >= 11 is 0. The molecule has 3 aromatic carbocycles. The minimum absolute atomic E-state index is 0.0132. The quantitative estimate of drug-likeness (QED) is 0.210. The van der Waals surface area contributed by atoms with E-state index in [0.717, 1.165) is 127 Å². The Kier molecular flexibility index (Phi) is 17.0. The van der Waals surface area contributed by atoms with Crippen molar-refractivity contribution in [2.75, 3.05) is 16.0 Å². The van der Waals surface area contributed by atoms with Crippen LogP contribution in [0.1, 0.15) is 187 Å². The third kappa shape index (κ3) is 11.5. The van der Waals surface area contributed by atoms with Gasteiger partial charge in [0.15, 0.2) is 17.3 Å². The van der Waals surface area contributed by atoms with Crippen molar-refractivity contribution in [3.05, 3.63) is 137 Å². The van der Waals surface area contributed by atoms with Crippen LogP contribution in [0.3, 0.4) is 0 Å². The van der Waals surface area contributed by atoms with Crippen LogP contribution in [-0.2, 0) is 47.3 Å². The summed E-state index contributed by atoms with van der Waals surface area (Å²) in [7, 11) is 0. The Morgan fingerprint density at radius 1 is 0.396 bits per heavy atom. The van der Waals surface area contributed by atoms with E-state index in [-0.39, 0.29) is 102 Å². The van der Waals surface area contributed by atoms with Gasteiger partial charge in [0.1, 0.15) is 0 Å². The number of carbonyl (C=O) groups excluding carboxylic acids is 6. The minimum Gasteiger partial charge on any atom is -0.325 e. The summed E-state index contributed by atoms with van der Waals surface area (Å²) in [6.45, 7) is 13.6. The standard InChI is InChI=1S/2C28H32F3NO2.C27H30F3NO2/c2*1-26-12-10-20-24(17-14-16(17)22-13-15(33)9-11-27(20,22)2)19(26)7-8-21(26)25(34)32-23-6-4-3-5-18(23)28(29,30)31;1-25-13-11-17(32)15-16(25)7-8-18-19-9-10-22(26(19,2)14-12-20(18)25)24(33)31-23-6-4-3-5-21(23)27(28,29)30/h2*3-6,13,16-17,19-21,24H,7-12,14H2,1-2H3,(H,32,34);3-8,15,18-20,22H,9-14H2,1-2H3,(H,31,33)/t16-,17+,19?,20?,21+,24?,26-,27+;16-,17+,19?,20?,21-,24?,26+,27-;18?,19?,20?,22-,25+,26+/m011/s1. The maximum Gasteiger partial charge on any atom is 0.418 e. The van der Waals surface area contributed by atoms with E-state index in [2.05, 4.69) is 69.6 Å². The molecule has 14 aliphatic carbocycles. The number of hydrogen-bond acceptors (Lipinski definition) is 6. The van der Waals surface area contributed by atoms with Crippen LogP contribution < -0.4 is 16.0 Å². The van der Waals surface area contributed by atoms with Gasteiger partial charge in [-0.2, -0.15) is 39.5 Å². The van der Waals surface area contributed by atoms with Gasteiger partial charge in [-0.3, -0.25) is 28.8 Å². The fourth-order valence-electron chi connectivity index (χ4n) is 25.3. The monoisotopic (exact) mass is 1400 g/mol. The molecular weight excluding hydrogens is 1310 g/mol.